The molecule has 3 nitrogen and oxygen atoms in total. The topological polar surface area (TPSA) is 53.8 Å². The van der Waals surface area contributed by atoms with E-state index >= 15 is 0 Å². The predicted octanol–water partition coefficient (Wildman–Crippen LogP) is 4.44. The Balaban J connectivity index is 2.08. The quantitative estimate of drug-likeness (QED) is 0.524. The van der Waals surface area contributed by atoms with Gasteiger partial charge in [0.15, 0.2) is 0 Å². The van der Waals surface area contributed by atoms with Crippen LogP contribution in [-0.2, 0) is 0 Å². The number of allylic oxidation sites excluding steroid dienone is 1. The Labute approximate surface area is 141 Å². The summed E-state index contributed by atoms with van der Waals surface area (Å²) in [4.78, 5) is 17.3. The molecule has 0 spiro atoms. The van der Waals surface area contributed by atoms with Crippen molar-refractivity contribution in [1.82, 2.24) is 4.98 Å². The van der Waals surface area contributed by atoms with E-state index in [2.05, 4.69) is 11.1 Å². The van der Waals surface area contributed by atoms with Crippen LogP contribution in [0.4, 0.5) is 0 Å². The van der Waals surface area contributed by atoms with Gasteiger partial charge < -0.3 is 0 Å². The zero-order valence-corrected chi connectivity index (χ0v) is 13.9. The van der Waals surface area contributed by atoms with Crippen LogP contribution < -0.4 is 5.56 Å². The van der Waals surface area contributed by atoms with Crippen LogP contribution in [0.3, 0.4) is 0 Å². The molecule has 1 heterocycles. The molecule has 0 unspecified atom stereocenters. The van der Waals surface area contributed by atoms with E-state index in [-0.39, 0.29) is 5.56 Å². The van der Waals surface area contributed by atoms with Gasteiger partial charge in [0, 0.05) is 9.60 Å². The molecule has 5 heteroatoms. The number of nitrogens with zero attached hydrogens (tertiary/aromatic N) is 2. The van der Waals surface area contributed by atoms with Gasteiger partial charge in [-0.15, -0.1) is 23.1 Å². The lowest BCUT2D eigenvalue weighted by molar-refractivity contribution is 1.28. The summed E-state index contributed by atoms with van der Waals surface area (Å²) in [5, 5.41) is 10.5. The molecule has 0 aliphatic rings. The fourth-order valence-corrected chi connectivity index (χ4v) is 3.51. The Morgan fingerprint density at radius 1 is 1.22 bits per heavy atom. The van der Waals surface area contributed by atoms with E-state index in [0.29, 0.717) is 16.0 Å². The lowest BCUT2D eigenvalue weighted by Gasteiger charge is -2.01. The van der Waals surface area contributed by atoms with Crippen LogP contribution in [0.25, 0.3) is 21.7 Å². The van der Waals surface area contributed by atoms with Crippen molar-refractivity contribution in [1.29, 1.82) is 5.26 Å². The van der Waals surface area contributed by atoms with E-state index in [1.165, 1.54) is 11.3 Å². The van der Waals surface area contributed by atoms with Crippen LogP contribution in [-0.4, -0.2) is 11.2 Å². The lowest BCUT2D eigenvalue weighted by Crippen LogP contribution is -2.07. The zero-order chi connectivity index (χ0) is 16.2. The van der Waals surface area contributed by atoms with Crippen molar-refractivity contribution in [2.75, 3.05) is 6.26 Å². The van der Waals surface area contributed by atoms with Gasteiger partial charge in [-0.1, -0.05) is 24.3 Å². The Morgan fingerprint density at radius 3 is 2.65 bits per heavy atom. The predicted molar refractivity (Wildman–Crippen MR) is 97.6 cm³/mol. The maximum atomic E-state index is 12.1. The first-order valence-electron chi connectivity index (χ1n) is 6.87. The van der Waals surface area contributed by atoms with Gasteiger partial charge >= 0.3 is 0 Å². The highest BCUT2D eigenvalue weighted by molar-refractivity contribution is 7.98. The van der Waals surface area contributed by atoms with Crippen molar-refractivity contribution in [3.8, 4) is 6.07 Å². The van der Waals surface area contributed by atoms with Crippen LogP contribution in [0.15, 0.2) is 58.2 Å². The van der Waals surface area contributed by atoms with Gasteiger partial charge in [-0.05, 0) is 42.2 Å². The van der Waals surface area contributed by atoms with Gasteiger partial charge in [0.2, 0.25) is 0 Å². The van der Waals surface area contributed by atoms with Crippen molar-refractivity contribution in [2.45, 2.75) is 4.90 Å². The van der Waals surface area contributed by atoms with Gasteiger partial charge in [0.25, 0.3) is 5.56 Å². The van der Waals surface area contributed by atoms with Crippen molar-refractivity contribution in [2.24, 2.45) is 0 Å². The summed E-state index contributed by atoms with van der Waals surface area (Å²) in [5.74, 6) is 0. The van der Waals surface area contributed by atoms with Crippen LogP contribution in [0.1, 0.15) is 10.6 Å². The fourth-order valence-electron chi connectivity index (χ4n) is 2.14. The summed E-state index contributed by atoms with van der Waals surface area (Å²) in [7, 11) is 0. The number of hydrogen-bond donors (Lipinski definition) is 0. The SMILES string of the molecule is CSc1ccc(/C=C(\C#N)c2nc(=O)c3ccccc3s2)cc1. The van der Waals surface area contributed by atoms with E-state index in [0.717, 1.165) is 15.2 Å². The maximum Gasteiger partial charge on any atom is 0.279 e. The largest absolute Gasteiger partial charge is 0.279 e. The Hall–Kier alpha value is -2.42. The molecule has 23 heavy (non-hydrogen) atoms. The number of aromatic nitrogens is 1. The summed E-state index contributed by atoms with van der Waals surface area (Å²) in [6.45, 7) is 0. The zero-order valence-electron chi connectivity index (χ0n) is 12.3. The summed E-state index contributed by atoms with van der Waals surface area (Å²) in [5.41, 5.74) is 1.01. The van der Waals surface area contributed by atoms with Crippen LogP contribution in [0.5, 0.6) is 0 Å². The van der Waals surface area contributed by atoms with Crippen LogP contribution in [0, 0.1) is 11.3 Å². The summed E-state index contributed by atoms with van der Waals surface area (Å²) in [6, 6.07) is 17.4. The fraction of sp³-hybridized carbons (Fsp3) is 0.0556. The number of fused-ring (bicyclic) bond motifs is 1. The molecule has 2 aromatic carbocycles. The number of benzene rings is 2. The average Bonchev–Trinajstić information content (AvgIpc) is 2.60. The van der Waals surface area contributed by atoms with Crippen LogP contribution in [0.2, 0.25) is 0 Å². The van der Waals surface area contributed by atoms with Gasteiger partial charge in [0.1, 0.15) is 11.1 Å². The molecule has 0 bridgehead atoms. The minimum absolute atomic E-state index is 0.298. The molecule has 3 rings (SSSR count). The number of hydrogen-bond acceptors (Lipinski definition) is 5. The Bertz CT molecular complexity index is 982. The number of rotatable bonds is 3. The molecule has 0 fully saturated rings. The van der Waals surface area contributed by atoms with Crippen molar-refractivity contribution < 1.29 is 0 Å². The molecule has 0 radical (unpaired) electrons. The maximum absolute atomic E-state index is 12.1. The molecule has 0 saturated carbocycles. The first-order valence-corrected chi connectivity index (χ1v) is 8.91. The third kappa shape index (κ3) is 3.34. The van der Waals surface area contributed by atoms with Gasteiger partial charge in [-0.2, -0.15) is 10.2 Å². The molecule has 0 saturated heterocycles. The van der Waals surface area contributed by atoms with E-state index in [1.807, 2.05) is 48.7 Å². The number of thioether (sulfide) groups is 1. The van der Waals surface area contributed by atoms with E-state index in [9.17, 15) is 10.1 Å². The van der Waals surface area contributed by atoms with Gasteiger partial charge in [0.05, 0.1) is 11.0 Å². The van der Waals surface area contributed by atoms with Gasteiger partial charge in [-0.3, -0.25) is 4.79 Å². The van der Waals surface area contributed by atoms with Crippen molar-refractivity contribution in [3.63, 3.8) is 0 Å². The minimum atomic E-state index is -0.298. The molecule has 0 atom stereocenters. The second-order valence-electron chi connectivity index (χ2n) is 4.76. The van der Waals surface area contributed by atoms with E-state index in [4.69, 9.17) is 0 Å². The molecule has 0 amide bonds. The molecular weight excluding hydrogens is 324 g/mol. The number of nitriles is 1. The Morgan fingerprint density at radius 2 is 1.96 bits per heavy atom. The van der Waals surface area contributed by atoms with Crippen LogP contribution >= 0.6 is 23.1 Å². The molecular formula is C18H12N2OS2. The first kappa shape index (κ1) is 15.5. The lowest BCUT2D eigenvalue weighted by atomic mass is 10.1. The molecule has 1 aromatic heterocycles. The first-order chi connectivity index (χ1) is 11.2. The summed E-state index contributed by atoms with van der Waals surface area (Å²) < 4.78 is 0.835. The summed E-state index contributed by atoms with van der Waals surface area (Å²) >= 11 is 3.02. The monoisotopic (exact) mass is 336 g/mol. The molecule has 0 aliphatic carbocycles. The standard InChI is InChI=1S/C18H12N2OS2/c1-22-14-8-6-12(7-9-14)10-13(11-19)18-20-17(21)15-4-2-3-5-16(15)23-18/h2-10H,1H3/b13-10+. The third-order valence-corrected chi connectivity index (χ3v) is 5.13. The summed E-state index contributed by atoms with van der Waals surface area (Å²) in [6.07, 6.45) is 3.78. The third-order valence-electron chi connectivity index (χ3n) is 3.30. The van der Waals surface area contributed by atoms with Crippen molar-refractivity contribution >= 4 is 44.8 Å². The minimum Gasteiger partial charge on any atom is -0.267 e. The smallest absolute Gasteiger partial charge is 0.267 e. The van der Waals surface area contributed by atoms with E-state index < -0.39 is 0 Å². The van der Waals surface area contributed by atoms with E-state index in [1.54, 1.807) is 23.9 Å². The highest BCUT2D eigenvalue weighted by atomic mass is 32.2. The highest BCUT2D eigenvalue weighted by Gasteiger charge is 2.08. The molecule has 112 valence electrons. The highest BCUT2D eigenvalue weighted by Crippen LogP contribution is 2.24. The van der Waals surface area contributed by atoms with Crippen molar-refractivity contribution in [3.05, 3.63) is 69.5 Å². The Kier molecular flexibility index (Phi) is 4.56. The van der Waals surface area contributed by atoms with Gasteiger partial charge in [-0.25, -0.2) is 0 Å². The normalized spacial score (nSPS) is 11.4. The second kappa shape index (κ2) is 6.78. The molecule has 0 N–H and O–H groups in total. The molecule has 3 aromatic rings. The average molecular weight is 336 g/mol. The molecule has 0 aliphatic heterocycles. The second-order valence-corrected chi connectivity index (χ2v) is 6.67.